The molecule has 1 aliphatic carbocycles. The summed E-state index contributed by atoms with van der Waals surface area (Å²) in [6.45, 7) is 4.79. The van der Waals surface area contributed by atoms with Crippen molar-refractivity contribution in [3.8, 4) is 0 Å². The summed E-state index contributed by atoms with van der Waals surface area (Å²) in [4.78, 5) is 23.5. The zero-order valence-electron chi connectivity index (χ0n) is 13.2. The van der Waals surface area contributed by atoms with Crippen molar-refractivity contribution in [2.24, 2.45) is 5.92 Å². The summed E-state index contributed by atoms with van der Waals surface area (Å²) in [5.74, 6) is -4.07. The van der Waals surface area contributed by atoms with E-state index in [4.69, 9.17) is 9.84 Å². The molecule has 1 aromatic rings. The summed E-state index contributed by atoms with van der Waals surface area (Å²) in [6, 6.07) is 3.79. The number of ether oxygens (including phenoxy) is 1. The molecule has 1 N–H and O–H groups in total. The van der Waals surface area contributed by atoms with Gasteiger partial charge in [-0.25, -0.2) is 4.79 Å². The van der Waals surface area contributed by atoms with E-state index in [0.717, 1.165) is 6.07 Å². The molecular weight excluding hydrogens is 393 g/mol. The molecule has 0 heterocycles. The average molecular weight is 409 g/mol. The van der Waals surface area contributed by atoms with Crippen LogP contribution in [0.15, 0.2) is 22.7 Å². The van der Waals surface area contributed by atoms with E-state index in [2.05, 4.69) is 15.9 Å². The van der Waals surface area contributed by atoms with Crippen LogP contribution in [0.3, 0.4) is 0 Å². The Morgan fingerprint density at radius 2 is 1.88 bits per heavy atom. The Morgan fingerprint density at radius 3 is 2.29 bits per heavy atom. The molecule has 4 nitrogen and oxygen atoms in total. The highest BCUT2D eigenvalue weighted by atomic mass is 79.9. The third kappa shape index (κ3) is 3.29. The lowest BCUT2D eigenvalue weighted by Gasteiger charge is -2.25. The molecule has 1 aromatic carbocycles. The zero-order valence-corrected chi connectivity index (χ0v) is 14.8. The van der Waals surface area contributed by atoms with Gasteiger partial charge in [0.05, 0.1) is 11.5 Å². The van der Waals surface area contributed by atoms with Gasteiger partial charge in [-0.05, 0) is 51.0 Å². The molecule has 1 aliphatic rings. The van der Waals surface area contributed by atoms with Crippen molar-refractivity contribution < 1.29 is 32.6 Å². The maximum absolute atomic E-state index is 13.7. The Balaban J connectivity index is 2.59. The molecule has 8 heteroatoms. The lowest BCUT2D eigenvalue weighted by molar-refractivity contribution is -0.171. The number of aliphatic carboxylic acids is 1. The van der Waals surface area contributed by atoms with Gasteiger partial charge >= 0.3 is 18.1 Å². The first-order valence-electron chi connectivity index (χ1n) is 7.12. The predicted molar refractivity (Wildman–Crippen MR) is 82.8 cm³/mol. The Kier molecular flexibility index (Phi) is 4.50. The van der Waals surface area contributed by atoms with Crippen LogP contribution in [0.25, 0.3) is 0 Å². The number of alkyl halides is 3. The van der Waals surface area contributed by atoms with Crippen LogP contribution in [0.2, 0.25) is 0 Å². The Morgan fingerprint density at radius 1 is 1.29 bits per heavy atom. The topological polar surface area (TPSA) is 63.6 Å². The largest absolute Gasteiger partial charge is 0.481 e. The Bertz CT molecular complexity index is 694. The van der Waals surface area contributed by atoms with Crippen molar-refractivity contribution >= 4 is 27.9 Å². The standard InChI is InChI=1S/C16H16BrF3O4/c1-14(2,3)24-13(23)9-5-4-8(17)6-10(9)15(16(18,19)20)7-11(15)12(21)22/h4-6,11H,7H2,1-3H3,(H,21,22)/t11-,15-/m0/s1. The normalized spacial score (nSPS) is 23.7. The second kappa shape index (κ2) is 5.75. The van der Waals surface area contributed by atoms with Gasteiger partial charge in [-0.2, -0.15) is 13.2 Å². The summed E-state index contributed by atoms with van der Waals surface area (Å²) in [6.07, 6.45) is -5.40. The highest BCUT2D eigenvalue weighted by molar-refractivity contribution is 9.10. The minimum Gasteiger partial charge on any atom is -0.481 e. The molecule has 0 aliphatic heterocycles. The number of carbonyl (C=O) groups excluding carboxylic acids is 1. The first-order valence-corrected chi connectivity index (χ1v) is 7.92. The molecule has 0 aromatic heterocycles. The fraction of sp³-hybridized carbons (Fsp3) is 0.500. The highest BCUT2D eigenvalue weighted by Crippen LogP contribution is 2.64. The fourth-order valence-corrected chi connectivity index (χ4v) is 3.08. The molecule has 2 rings (SSSR count). The van der Waals surface area contributed by atoms with Crippen molar-refractivity contribution in [1.29, 1.82) is 0 Å². The lowest BCUT2D eigenvalue weighted by Crippen LogP contribution is -2.35. The van der Waals surface area contributed by atoms with Crippen molar-refractivity contribution in [2.45, 2.75) is 44.4 Å². The van der Waals surface area contributed by atoms with E-state index in [9.17, 15) is 22.8 Å². The SMILES string of the molecule is CC(C)(C)OC(=O)c1ccc(Br)cc1[C@@]1(C(F)(F)F)C[C@H]1C(=O)O. The quantitative estimate of drug-likeness (QED) is 0.756. The summed E-state index contributed by atoms with van der Waals surface area (Å²) >= 11 is 3.08. The zero-order chi connectivity index (χ0) is 18.5. The summed E-state index contributed by atoms with van der Waals surface area (Å²) in [7, 11) is 0. The van der Waals surface area contributed by atoms with Gasteiger partial charge in [-0.3, -0.25) is 4.79 Å². The monoisotopic (exact) mass is 408 g/mol. The Hall–Kier alpha value is -1.57. The third-order valence-electron chi connectivity index (χ3n) is 3.85. The first-order chi connectivity index (χ1) is 10.8. The second-order valence-corrected chi connectivity index (χ2v) is 7.67. The van der Waals surface area contributed by atoms with Gasteiger partial charge in [0.25, 0.3) is 0 Å². The van der Waals surface area contributed by atoms with Gasteiger partial charge in [0.2, 0.25) is 0 Å². The van der Waals surface area contributed by atoms with Crippen LogP contribution in [0.5, 0.6) is 0 Å². The van der Waals surface area contributed by atoms with E-state index in [0.29, 0.717) is 4.47 Å². The van der Waals surface area contributed by atoms with Crippen LogP contribution in [-0.2, 0) is 14.9 Å². The molecule has 2 atom stereocenters. The Labute approximate surface area is 145 Å². The molecule has 1 fully saturated rings. The number of rotatable bonds is 3. The fourth-order valence-electron chi connectivity index (χ4n) is 2.72. The van der Waals surface area contributed by atoms with Crippen LogP contribution in [-0.4, -0.2) is 28.8 Å². The van der Waals surface area contributed by atoms with Gasteiger partial charge in [0, 0.05) is 4.47 Å². The van der Waals surface area contributed by atoms with Crippen LogP contribution >= 0.6 is 15.9 Å². The first kappa shape index (κ1) is 18.8. The predicted octanol–water partition coefficient (Wildman–Crippen LogP) is 4.31. The smallest absolute Gasteiger partial charge is 0.399 e. The van der Waals surface area contributed by atoms with Gasteiger partial charge in [0.15, 0.2) is 0 Å². The van der Waals surface area contributed by atoms with E-state index in [1.54, 1.807) is 20.8 Å². The van der Waals surface area contributed by atoms with Crippen LogP contribution in [0.1, 0.15) is 43.1 Å². The van der Waals surface area contributed by atoms with Gasteiger partial charge in [-0.1, -0.05) is 15.9 Å². The molecular formula is C16H16BrF3O4. The van der Waals surface area contributed by atoms with Gasteiger partial charge in [-0.15, -0.1) is 0 Å². The summed E-state index contributed by atoms with van der Waals surface area (Å²) < 4.78 is 46.5. The number of benzene rings is 1. The van der Waals surface area contributed by atoms with E-state index >= 15 is 0 Å². The van der Waals surface area contributed by atoms with Crippen molar-refractivity contribution in [2.75, 3.05) is 0 Å². The lowest BCUT2D eigenvalue weighted by atomic mass is 9.88. The molecule has 0 unspecified atom stereocenters. The minimum absolute atomic E-state index is 0.269. The minimum atomic E-state index is -4.80. The maximum Gasteiger partial charge on any atom is 0.399 e. The number of carbonyl (C=O) groups is 2. The average Bonchev–Trinajstić information content (AvgIpc) is 3.12. The van der Waals surface area contributed by atoms with Crippen molar-refractivity contribution in [3.05, 3.63) is 33.8 Å². The van der Waals surface area contributed by atoms with Crippen LogP contribution in [0, 0.1) is 5.92 Å². The number of esters is 1. The molecule has 0 bridgehead atoms. The van der Waals surface area contributed by atoms with Crippen molar-refractivity contribution in [3.63, 3.8) is 0 Å². The molecule has 0 amide bonds. The highest BCUT2D eigenvalue weighted by Gasteiger charge is 2.75. The second-order valence-electron chi connectivity index (χ2n) is 6.76. The van der Waals surface area contributed by atoms with E-state index in [-0.39, 0.29) is 11.1 Å². The van der Waals surface area contributed by atoms with Crippen LogP contribution in [0.4, 0.5) is 13.2 Å². The van der Waals surface area contributed by atoms with Crippen molar-refractivity contribution in [1.82, 2.24) is 0 Å². The van der Waals surface area contributed by atoms with Gasteiger partial charge < -0.3 is 9.84 Å². The number of hydrogen-bond donors (Lipinski definition) is 1. The number of hydrogen-bond acceptors (Lipinski definition) is 3. The van der Waals surface area contributed by atoms with E-state index in [1.165, 1.54) is 12.1 Å². The summed E-state index contributed by atoms with van der Waals surface area (Å²) in [5.41, 5.74) is -4.10. The van der Waals surface area contributed by atoms with E-state index < -0.39 is 41.5 Å². The third-order valence-corrected chi connectivity index (χ3v) is 4.34. The number of carboxylic acids is 1. The van der Waals surface area contributed by atoms with E-state index in [1.807, 2.05) is 0 Å². The molecule has 132 valence electrons. The molecule has 0 saturated heterocycles. The molecule has 0 spiro atoms. The van der Waals surface area contributed by atoms with Gasteiger partial charge in [0.1, 0.15) is 11.0 Å². The maximum atomic E-state index is 13.7. The summed E-state index contributed by atoms with van der Waals surface area (Å²) in [5, 5.41) is 9.07. The molecule has 24 heavy (non-hydrogen) atoms. The molecule has 0 radical (unpaired) electrons. The number of carboxylic acid groups (broad SMARTS) is 1. The number of halogens is 4. The molecule has 1 saturated carbocycles. The van der Waals surface area contributed by atoms with Crippen LogP contribution < -0.4 is 0 Å².